The van der Waals surface area contributed by atoms with Gasteiger partial charge in [0.1, 0.15) is 5.82 Å². The van der Waals surface area contributed by atoms with Gasteiger partial charge in [0.25, 0.3) is 0 Å². The summed E-state index contributed by atoms with van der Waals surface area (Å²) in [6.45, 7) is 7.32. The highest BCUT2D eigenvalue weighted by Crippen LogP contribution is 2.23. The van der Waals surface area contributed by atoms with Crippen molar-refractivity contribution < 1.29 is 0 Å². The van der Waals surface area contributed by atoms with Gasteiger partial charge in [0.05, 0.1) is 16.7 Å². The minimum Gasteiger partial charge on any atom is -0.342 e. The monoisotopic (exact) mass is 398 g/mol. The maximum Gasteiger partial charge on any atom is 0.113 e. The molecule has 0 atom stereocenters. The summed E-state index contributed by atoms with van der Waals surface area (Å²) in [4.78, 5) is 19.9. The van der Waals surface area contributed by atoms with Crippen molar-refractivity contribution in [3.8, 4) is 11.3 Å². The Bertz CT molecular complexity index is 1160. The van der Waals surface area contributed by atoms with Crippen LogP contribution in [-0.2, 0) is 13.0 Å². The van der Waals surface area contributed by atoms with Crippen LogP contribution in [0.5, 0.6) is 0 Å². The lowest BCUT2D eigenvalue weighted by molar-refractivity contribution is 0.233. The number of benzene rings is 1. The first-order valence-electron chi connectivity index (χ1n) is 10.5. The number of hydrogen-bond donors (Lipinski definition) is 2. The van der Waals surface area contributed by atoms with E-state index >= 15 is 0 Å². The van der Waals surface area contributed by atoms with Gasteiger partial charge in [0, 0.05) is 62.3 Å². The SMILES string of the molecule is Cc1cccc(-c2ccc3nc(Cc4cc(CN5CCNCC5)ccn4)[nH]c3c2)n1. The van der Waals surface area contributed by atoms with Crippen LogP contribution in [-0.4, -0.2) is 51.0 Å². The van der Waals surface area contributed by atoms with Crippen LogP contribution >= 0.6 is 0 Å². The first-order chi connectivity index (χ1) is 14.7. The van der Waals surface area contributed by atoms with Gasteiger partial charge in [-0.15, -0.1) is 0 Å². The van der Waals surface area contributed by atoms with E-state index in [4.69, 9.17) is 4.98 Å². The van der Waals surface area contributed by atoms with Crippen molar-refractivity contribution in [3.05, 3.63) is 77.5 Å². The zero-order chi connectivity index (χ0) is 20.3. The third kappa shape index (κ3) is 4.25. The van der Waals surface area contributed by atoms with Gasteiger partial charge in [-0.25, -0.2) is 4.98 Å². The molecule has 0 amide bonds. The molecule has 0 aliphatic carbocycles. The van der Waals surface area contributed by atoms with Crippen molar-refractivity contribution in [1.82, 2.24) is 30.2 Å². The van der Waals surface area contributed by atoms with Crippen molar-refractivity contribution in [2.75, 3.05) is 26.2 Å². The normalized spacial score (nSPS) is 15.0. The molecule has 3 aromatic heterocycles. The minimum absolute atomic E-state index is 0.697. The molecule has 30 heavy (non-hydrogen) atoms. The Hall–Kier alpha value is -3.09. The molecule has 1 fully saturated rings. The van der Waals surface area contributed by atoms with E-state index in [0.29, 0.717) is 6.42 Å². The first kappa shape index (κ1) is 18.9. The summed E-state index contributed by atoms with van der Waals surface area (Å²) in [6.07, 6.45) is 2.61. The van der Waals surface area contributed by atoms with Gasteiger partial charge in [-0.1, -0.05) is 12.1 Å². The van der Waals surface area contributed by atoms with E-state index in [2.05, 4.69) is 55.5 Å². The fourth-order valence-corrected chi connectivity index (χ4v) is 4.03. The molecule has 0 bridgehead atoms. The number of aryl methyl sites for hydroxylation is 1. The van der Waals surface area contributed by atoms with E-state index in [1.165, 1.54) is 5.56 Å². The summed E-state index contributed by atoms with van der Waals surface area (Å²) in [7, 11) is 0. The second-order valence-electron chi connectivity index (χ2n) is 7.94. The predicted molar refractivity (Wildman–Crippen MR) is 119 cm³/mol. The lowest BCUT2D eigenvalue weighted by atomic mass is 10.1. The van der Waals surface area contributed by atoms with E-state index in [0.717, 1.165) is 72.2 Å². The maximum atomic E-state index is 4.77. The molecule has 152 valence electrons. The van der Waals surface area contributed by atoms with Crippen molar-refractivity contribution in [1.29, 1.82) is 0 Å². The lowest BCUT2D eigenvalue weighted by Crippen LogP contribution is -2.42. The molecular formula is C24H26N6. The fraction of sp³-hybridized carbons (Fsp3) is 0.292. The van der Waals surface area contributed by atoms with Crippen molar-refractivity contribution >= 4 is 11.0 Å². The molecule has 2 N–H and O–H groups in total. The predicted octanol–water partition coefficient (Wildman–Crippen LogP) is 3.32. The van der Waals surface area contributed by atoms with E-state index in [9.17, 15) is 0 Å². The minimum atomic E-state index is 0.697. The number of imidazole rings is 1. The molecule has 1 aliphatic rings. The van der Waals surface area contributed by atoms with Gasteiger partial charge in [-0.05, 0) is 48.9 Å². The summed E-state index contributed by atoms with van der Waals surface area (Å²) in [5.41, 5.74) is 7.45. The second-order valence-corrected chi connectivity index (χ2v) is 7.94. The zero-order valence-electron chi connectivity index (χ0n) is 17.2. The molecule has 4 aromatic rings. The Morgan fingerprint density at radius 3 is 2.77 bits per heavy atom. The highest BCUT2D eigenvalue weighted by atomic mass is 15.2. The number of fused-ring (bicyclic) bond motifs is 1. The Kier molecular flexibility index (Phi) is 5.26. The molecule has 0 spiro atoms. The van der Waals surface area contributed by atoms with Crippen LogP contribution in [0.2, 0.25) is 0 Å². The number of piperazine rings is 1. The Morgan fingerprint density at radius 1 is 1.00 bits per heavy atom. The largest absolute Gasteiger partial charge is 0.342 e. The standard InChI is InChI=1S/C24H26N6/c1-17-3-2-4-21(27-17)19-5-6-22-23(14-19)29-24(28-22)15-20-13-18(7-8-26-20)16-30-11-9-25-10-12-30/h2-8,13-14,25H,9-12,15-16H2,1H3,(H,28,29). The quantitative estimate of drug-likeness (QED) is 0.540. The average Bonchev–Trinajstić information content (AvgIpc) is 3.16. The molecule has 0 saturated carbocycles. The first-order valence-corrected chi connectivity index (χ1v) is 10.5. The summed E-state index contributed by atoms with van der Waals surface area (Å²) in [6, 6.07) is 16.7. The van der Waals surface area contributed by atoms with Crippen LogP contribution in [0.1, 0.15) is 22.8 Å². The van der Waals surface area contributed by atoms with Crippen molar-refractivity contribution in [3.63, 3.8) is 0 Å². The summed E-state index contributed by atoms with van der Waals surface area (Å²) in [5, 5.41) is 3.40. The molecule has 4 heterocycles. The highest BCUT2D eigenvalue weighted by molar-refractivity contribution is 5.81. The Balaban J connectivity index is 1.34. The number of aromatic amines is 1. The van der Waals surface area contributed by atoms with Gasteiger partial charge in [-0.2, -0.15) is 0 Å². The topological polar surface area (TPSA) is 69.7 Å². The van der Waals surface area contributed by atoms with Gasteiger partial charge >= 0.3 is 0 Å². The number of aromatic nitrogens is 4. The Morgan fingerprint density at radius 2 is 1.90 bits per heavy atom. The van der Waals surface area contributed by atoms with E-state index < -0.39 is 0 Å². The molecule has 6 nitrogen and oxygen atoms in total. The van der Waals surface area contributed by atoms with Gasteiger partial charge in [0.15, 0.2) is 0 Å². The number of rotatable bonds is 5. The fourth-order valence-electron chi connectivity index (χ4n) is 4.03. The number of nitrogens with zero attached hydrogens (tertiary/aromatic N) is 4. The van der Waals surface area contributed by atoms with E-state index in [-0.39, 0.29) is 0 Å². The molecule has 1 aromatic carbocycles. The van der Waals surface area contributed by atoms with Gasteiger partial charge in [-0.3, -0.25) is 14.9 Å². The average molecular weight is 399 g/mol. The zero-order valence-corrected chi connectivity index (χ0v) is 17.2. The Labute approximate surface area is 176 Å². The number of pyridine rings is 2. The van der Waals surface area contributed by atoms with Gasteiger partial charge in [0.2, 0.25) is 0 Å². The van der Waals surface area contributed by atoms with Crippen LogP contribution in [0.25, 0.3) is 22.3 Å². The molecule has 1 saturated heterocycles. The summed E-state index contributed by atoms with van der Waals surface area (Å²) < 4.78 is 0. The lowest BCUT2D eigenvalue weighted by Gasteiger charge is -2.27. The smallest absolute Gasteiger partial charge is 0.113 e. The molecule has 1 aliphatic heterocycles. The van der Waals surface area contributed by atoms with Crippen LogP contribution < -0.4 is 5.32 Å². The molecular weight excluding hydrogens is 372 g/mol. The molecule has 0 unspecified atom stereocenters. The van der Waals surface area contributed by atoms with Crippen LogP contribution in [0, 0.1) is 6.92 Å². The highest BCUT2D eigenvalue weighted by Gasteiger charge is 2.11. The van der Waals surface area contributed by atoms with E-state index in [1.807, 2.05) is 31.3 Å². The summed E-state index contributed by atoms with van der Waals surface area (Å²) >= 11 is 0. The molecule has 0 radical (unpaired) electrons. The third-order valence-corrected chi connectivity index (χ3v) is 5.56. The maximum absolute atomic E-state index is 4.77. The van der Waals surface area contributed by atoms with E-state index in [1.54, 1.807) is 0 Å². The number of nitrogens with one attached hydrogen (secondary N) is 2. The van der Waals surface area contributed by atoms with Crippen LogP contribution in [0.3, 0.4) is 0 Å². The van der Waals surface area contributed by atoms with Crippen LogP contribution in [0.4, 0.5) is 0 Å². The molecule has 5 rings (SSSR count). The second kappa shape index (κ2) is 8.34. The van der Waals surface area contributed by atoms with Gasteiger partial charge < -0.3 is 10.3 Å². The number of hydrogen-bond acceptors (Lipinski definition) is 5. The third-order valence-electron chi connectivity index (χ3n) is 5.56. The van der Waals surface area contributed by atoms with Crippen LogP contribution in [0.15, 0.2) is 54.7 Å². The summed E-state index contributed by atoms with van der Waals surface area (Å²) in [5.74, 6) is 0.936. The number of H-pyrrole nitrogens is 1. The molecule has 6 heteroatoms. The van der Waals surface area contributed by atoms with Crippen molar-refractivity contribution in [2.45, 2.75) is 19.9 Å². The van der Waals surface area contributed by atoms with Crippen molar-refractivity contribution in [2.24, 2.45) is 0 Å².